The van der Waals surface area contributed by atoms with Gasteiger partial charge in [-0.25, -0.2) is 9.79 Å². The van der Waals surface area contributed by atoms with Gasteiger partial charge in [-0.15, -0.1) is 0 Å². The van der Waals surface area contributed by atoms with Crippen LogP contribution >= 0.6 is 22.9 Å². The van der Waals surface area contributed by atoms with Crippen LogP contribution in [0.15, 0.2) is 75.7 Å². The molecule has 0 unspecified atom stereocenters. The molecule has 9 heteroatoms. The first kappa shape index (κ1) is 27.7. The Hall–Kier alpha value is -3.88. The van der Waals surface area contributed by atoms with E-state index in [0.29, 0.717) is 43.5 Å². The summed E-state index contributed by atoms with van der Waals surface area (Å²) in [7, 11) is 0. The van der Waals surface area contributed by atoms with Crippen molar-refractivity contribution < 1.29 is 14.3 Å². The molecule has 0 aliphatic carbocycles. The Labute approximate surface area is 241 Å². The number of carbonyl (C=O) groups excluding carboxylic acids is 1. The lowest BCUT2D eigenvalue weighted by Gasteiger charge is -2.26. The van der Waals surface area contributed by atoms with Gasteiger partial charge in [-0.1, -0.05) is 41.1 Å². The highest BCUT2D eigenvalue weighted by Gasteiger charge is 2.35. The number of aryl methyl sites for hydroxylation is 1. The second-order valence-corrected chi connectivity index (χ2v) is 10.9. The third-order valence-corrected chi connectivity index (χ3v) is 8.11. The minimum atomic E-state index is -0.735. The summed E-state index contributed by atoms with van der Waals surface area (Å²) in [5.41, 5.74) is 5.25. The Morgan fingerprint density at radius 2 is 1.80 bits per heavy atom. The molecule has 7 nitrogen and oxygen atoms in total. The number of esters is 1. The Bertz CT molecular complexity index is 1810. The highest BCUT2D eigenvalue weighted by atomic mass is 35.5. The average Bonchev–Trinajstić information content (AvgIpc) is 3.38. The van der Waals surface area contributed by atoms with E-state index in [-0.39, 0.29) is 12.2 Å². The number of allylic oxidation sites excluding steroid dienone is 1. The van der Waals surface area contributed by atoms with Crippen molar-refractivity contribution in [3.63, 3.8) is 0 Å². The summed E-state index contributed by atoms with van der Waals surface area (Å²) in [6, 6.07) is 16.4. The van der Waals surface area contributed by atoms with Gasteiger partial charge < -0.3 is 14.0 Å². The Morgan fingerprint density at radius 1 is 1.07 bits per heavy atom. The summed E-state index contributed by atoms with van der Waals surface area (Å²) in [5.74, 6) is 0.105. The topological polar surface area (TPSA) is 74.8 Å². The van der Waals surface area contributed by atoms with Crippen molar-refractivity contribution >= 4 is 35.0 Å². The van der Waals surface area contributed by atoms with E-state index < -0.39 is 12.0 Å². The highest BCUT2D eigenvalue weighted by molar-refractivity contribution is 7.07. The molecule has 4 aromatic rings. The van der Waals surface area contributed by atoms with Crippen LogP contribution in [0.2, 0.25) is 5.02 Å². The van der Waals surface area contributed by atoms with Crippen LogP contribution in [0.1, 0.15) is 49.3 Å². The van der Waals surface area contributed by atoms with Crippen LogP contribution in [0, 0.1) is 13.8 Å². The molecule has 3 heterocycles. The maximum atomic E-state index is 14.1. The number of thiazole rings is 1. The van der Waals surface area contributed by atoms with E-state index in [4.69, 9.17) is 21.1 Å². The van der Waals surface area contributed by atoms with Crippen molar-refractivity contribution in [3.8, 4) is 11.4 Å². The van der Waals surface area contributed by atoms with Gasteiger partial charge in [0.05, 0.1) is 29.0 Å². The average molecular weight is 576 g/mol. The van der Waals surface area contributed by atoms with Crippen molar-refractivity contribution in [2.75, 3.05) is 13.2 Å². The third kappa shape index (κ3) is 4.93. The van der Waals surface area contributed by atoms with Crippen LogP contribution in [-0.2, 0) is 9.53 Å². The minimum Gasteiger partial charge on any atom is -0.494 e. The largest absolute Gasteiger partial charge is 0.494 e. The monoisotopic (exact) mass is 575 g/mol. The number of halogens is 1. The van der Waals surface area contributed by atoms with E-state index in [9.17, 15) is 9.59 Å². The maximum Gasteiger partial charge on any atom is 0.338 e. The maximum absolute atomic E-state index is 14.1. The predicted octanol–water partition coefficient (Wildman–Crippen LogP) is 5.26. The molecule has 0 bridgehead atoms. The highest BCUT2D eigenvalue weighted by Crippen LogP contribution is 2.36. The lowest BCUT2D eigenvalue weighted by molar-refractivity contribution is -0.139. The van der Waals surface area contributed by atoms with E-state index in [2.05, 4.69) is 15.6 Å². The molecule has 1 aliphatic heterocycles. The number of nitrogens with zero attached hydrogens (tertiary/aromatic N) is 3. The zero-order valence-electron chi connectivity index (χ0n) is 23.0. The minimum absolute atomic E-state index is 0.211. The number of ether oxygens (including phenoxy) is 2. The van der Waals surface area contributed by atoms with Crippen molar-refractivity contribution in [1.82, 2.24) is 9.13 Å². The molecule has 206 valence electrons. The molecule has 0 radical (unpaired) electrons. The molecule has 0 saturated heterocycles. The third-order valence-electron chi connectivity index (χ3n) is 6.87. The van der Waals surface area contributed by atoms with Gasteiger partial charge in [0.15, 0.2) is 4.80 Å². The zero-order valence-corrected chi connectivity index (χ0v) is 24.6. The molecule has 0 amide bonds. The number of aromatic nitrogens is 2. The van der Waals surface area contributed by atoms with Crippen molar-refractivity contribution in [3.05, 3.63) is 113 Å². The first-order valence-electron chi connectivity index (χ1n) is 13.1. The first-order valence-corrected chi connectivity index (χ1v) is 14.3. The van der Waals surface area contributed by atoms with Crippen molar-refractivity contribution in [2.24, 2.45) is 4.99 Å². The molecular formula is C31H30ClN3O4S. The number of para-hydroxylation sites is 1. The molecule has 0 spiro atoms. The lowest BCUT2D eigenvalue weighted by Crippen LogP contribution is -2.40. The molecule has 2 aromatic heterocycles. The quantitative estimate of drug-likeness (QED) is 0.282. The fourth-order valence-corrected chi connectivity index (χ4v) is 6.31. The van der Waals surface area contributed by atoms with Crippen LogP contribution in [0.5, 0.6) is 5.75 Å². The molecule has 2 aromatic carbocycles. The van der Waals surface area contributed by atoms with Crippen LogP contribution in [0.25, 0.3) is 11.8 Å². The van der Waals surface area contributed by atoms with Crippen LogP contribution in [0.3, 0.4) is 0 Å². The summed E-state index contributed by atoms with van der Waals surface area (Å²) in [4.78, 5) is 32.5. The molecule has 1 aliphatic rings. The Morgan fingerprint density at radius 3 is 2.50 bits per heavy atom. The molecule has 40 heavy (non-hydrogen) atoms. The second-order valence-electron chi connectivity index (χ2n) is 9.41. The van der Waals surface area contributed by atoms with Gasteiger partial charge >= 0.3 is 5.97 Å². The molecule has 1 atom stereocenters. The summed E-state index contributed by atoms with van der Waals surface area (Å²) in [5, 5.41) is 0.672. The van der Waals surface area contributed by atoms with Gasteiger partial charge in [-0.2, -0.15) is 0 Å². The SMILES string of the molecule is CCOC(=O)C1=C(C)N=c2s/c(=C\c3cc(C)n(-c4ccc(Cl)cc4)c3C)c(=O)n2[C@@H]1c1ccccc1OCC. The summed E-state index contributed by atoms with van der Waals surface area (Å²) < 4.78 is 15.6. The van der Waals surface area contributed by atoms with Crippen LogP contribution < -0.4 is 19.6 Å². The number of rotatable bonds is 7. The van der Waals surface area contributed by atoms with E-state index in [1.54, 1.807) is 18.4 Å². The van der Waals surface area contributed by atoms with Crippen LogP contribution in [0.4, 0.5) is 0 Å². The predicted molar refractivity (Wildman–Crippen MR) is 158 cm³/mol. The summed E-state index contributed by atoms with van der Waals surface area (Å²) >= 11 is 7.40. The smallest absolute Gasteiger partial charge is 0.338 e. The first-order chi connectivity index (χ1) is 19.2. The lowest BCUT2D eigenvalue weighted by atomic mass is 9.95. The number of fused-ring (bicyclic) bond motifs is 1. The van der Waals surface area contributed by atoms with Gasteiger partial charge in [-0.05, 0) is 82.7 Å². The number of benzene rings is 2. The van der Waals surface area contributed by atoms with Gasteiger partial charge in [-0.3, -0.25) is 9.36 Å². The zero-order chi connectivity index (χ0) is 28.6. The molecular weight excluding hydrogens is 546 g/mol. The fraction of sp³-hybridized carbons (Fsp3) is 0.258. The van der Waals surface area contributed by atoms with Crippen molar-refractivity contribution in [1.29, 1.82) is 0 Å². The van der Waals surface area contributed by atoms with E-state index in [1.165, 1.54) is 11.3 Å². The molecule has 5 rings (SSSR count). The number of carbonyl (C=O) groups is 1. The number of hydrogen-bond donors (Lipinski definition) is 0. The fourth-order valence-electron chi connectivity index (χ4n) is 5.14. The second kappa shape index (κ2) is 11.3. The van der Waals surface area contributed by atoms with Gasteiger partial charge in [0.1, 0.15) is 11.8 Å². The molecule has 0 saturated carbocycles. The Balaban J connectivity index is 1.71. The van der Waals surface area contributed by atoms with Crippen LogP contribution in [-0.4, -0.2) is 28.3 Å². The van der Waals surface area contributed by atoms with E-state index in [0.717, 1.165) is 22.6 Å². The standard InChI is InChI=1S/C31H30ClN3O4S/c1-6-38-25-11-9-8-10-24(25)28-27(30(37)39-7-2)19(4)33-31-35(28)29(36)26(40-31)17-21-16-18(3)34(20(21)5)23-14-12-22(32)13-15-23/h8-17,28H,6-7H2,1-5H3/b26-17-/t28-/m1/s1. The van der Waals surface area contributed by atoms with Gasteiger partial charge in [0, 0.05) is 27.7 Å². The van der Waals surface area contributed by atoms with Crippen molar-refractivity contribution in [2.45, 2.75) is 40.7 Å². The number of hydrogen-bond acceptors (Lipinski definition) is 6. The van der Waals surface area contributed by atoms with Gasteiger partial charge in [0.25, 0.3) is 5.56 Å². The molecule has 0 N–H and O–H groups in total. The van der Waals surface area contributed by atoms with E-state index in [1.807, 2.05) is 75.4 Å². The van der Waals surface area contributed by atoms with Gasteiger partial charge in [0.2, 0.25) is 0 Å². The molecule has 0 fully saturated rings. The Kier molecular flexibility index (Phi) is 7.83. The normalized spacial score (nSPS) is 15.2. The summed E-state index contributed by atoms with van der Waals surface area (Å²) in [6.45, 7) is 10.1. The van der Waals surface area contributed by atoms with E-state index >= 15 is 0 Å². The summed E-state index contributed by atoms with van der Waals surface area (Å²) in [6.07, 6.45) is 1.90.